The van der Waals surface area contributed by atoms with Crippen molar-refractivity contribution in [3.8, 4) is 5.75 Å². The molecular formula is C30H31FN3O9PS. The highest BCUT2D eigenvalue weighted by molar-refractivity contribution is 7.98. The van der Waals surface area contributed by atoms with Gasteiger partial charge in [0.25, 0.3) is 5.56 Å². The zero-order valence-corrected chi connectivity index (χ0v) is 25.7. The lowest BCUT2D eigenvalue weighted by atomic mass is 10.1. The highest BCUT2D eigenvalue weighted by Crippen LogP contribution is 2.47. The van der Waals surface area contributed by atoms with Gasteiger partial charge in [0, 0.05) is 17.6 Å². The van der Waals surface area contributed by atoms with E-state index in [1.54, 1.807) is 42.7 Å². The van der Waals surface area contributed by atoms with Gasteiger partial charge in [0.2, 0.25) is 5.82 Å². The molecule has 1 unspecified atom stereocenters. The molecule has 15 heteroatoms. The number of esters is 1. The van der Waals surface area contributed by atoms with Crippen molar-refractivity contribution >= 4 is 36.3 Å². The van der Waals surface area contributed by atoms with Crippen LogP contribution in [0.15, 0.2) is 88.6 Å². The molecule has 0 spiro atoms. The Kier molecular flexibility index (Phi) is 10.5. The Hall–Kier alpha value is -3.78. The summed E-state index contributed by atoms with van der Waals surface area (Å²) in [5.74, 6) is -1.52. The summed E-state index contributed by atoms with van der Waals surface area (Å²) in [7, 11) is -4.41. The quantitative estimate of drug-likeness (QED) is 0.142. The lowest BCUT2D eigenvalue weighted by Crippen LogP contribution is -2.40. The van der Waals surface area contributed by atoms with Crippen molar-refractivity contribution in [3.05, 3.63) is 111 Å². The van der Waals surface area contributed by atoms with Crippen molar-refractivity contribution in [1.82, 2.24) is 14.6 Å². The molecular weight excluding hydrogens is 628 g/mol. The monoisotopic (exact) mass is 659 g/mol. The van der Waals surface area contributed by atoms with Crippen molar-refractivity contribution in [2.45, 2.75) is 37.5 Å². The van der Waals surface area contributed by atoms with Crippen LogP contribution < -0.4 is 20.9 Å². The number of nitrogens with zero attached hydrogens (tertiary/aromatic N) is 1. The summed E-state index contributed by atoms with van der Waals surface area (Å²) in [5, 5.41) is 14.8. The molecule has 1 aromatic heterocycles. The third kappa shape index (κ3) is 8.09. The van der Waals surface area contributed by atoms with E-state index in [1.165, 1.54) is 11.8 Å². The molecule has 0 aliphatic carbocycles. The van der Waals surface area contributed by atoms with E-state index in [4.69, 9.17) is 18.5 Å². The first kappa shape index (κ1) is 32.6. The number of halogens is 1. The number of hydrogen-bond donors (Lipinski definition) is 3. The Balaban J connectivity index is 1.37. The molecule has 238 valence electrons. The SMILES string of the molecule is CSC[C@H](NP(=O)(OC[C@H]1O[C@@H](n2cc(F)c(=O)[nH]c2=O)C[C@H]1O)Oc1cccc2ccccc12)C(=O)OCc1ccccc1. The van der Waals surface area contributed by atoms with Crippen molar-refractivity contribution in [3.63, 3.8) is 0 Å². The number of benzene rings is 3. The summed E-state index contributed by atoms with van der Waals surface area (Å²) in [6, 6.07) is 20.4. The fourth-order valence-electron chi connectivity index (χ4n) is 4.72. The van der Waals surface area contributed by atoms with Gasteiger partial charge in [-0.05, 0) is 23.3 Å². The van der Waals surface area contributed by atoms with Gasteiger partial charge >= 0.3 is 19.4 Å². The molecule has 3 aromatic carbocycles. The van der Waals surface area contributed by atoms with E-state index in [0.717, 1.165) is 15.5 Å². The predicted octanol–water partition coefficient (Wildman–Crippen LogP) is 3.75. The predicted molar refractivity (Wildman–Crippen MR) is 165 cm³/mol. The Labute approximate surface area is 261 Å². The van der Waals surface area contributed by atoms with Gasteiger partial charge in [-0.1, -0.05) is 66.7 Å². The number of hydrogen-bond acceptors (Lipinski definition) is 10. The highest BCUT2D eigenvalue weighted by atomic mass is 32.2. The van der Waals surface area contributed by atoms with Gasteiger partial charge < -0.3 is 19.1 Å². The number of carbonyl (C=O) groups excluding carboxylic acids is 1. The first-order chi connectivity index (χ1) is 21.7. The van der Waals surface area contributed by atoms with Gasteiger partial charge in [-0.2, -0.15) is 21.2 Å². The van der Waals surface area contributed by atoms with Gasteiger partial charge in [-0.3, -0.25) is 23.7 Å². The average molecular weight is 660 g/mol. The number of fused-ring (bicyclic) bond motifs is 1. The van der Waals surface area contributed by atoms with Crippen LogP contribution in [0, 0.1) is 5.82 Å². The van der Waals surface area contributed by atoms with E-state index < -0.39 is 61.9 Å². The van der Waals surface area contributed by atoms with E-state index >= 15 is 0 Å². The number of nitrogens with one attached hydrogen (secondary N) is 2. The Morgan fingerprint density at radius 3 is 2.67 bits per heavy atom. The van der Waals surface area contributed by atoms with E-state index in [2.05, 4.69) is 5.09 Å². The molecule has 1 fully saturated rings. The molecule has 0 amide bonds. The fraction of sp³-hybridized carbons (Fsp3) is 0.300. The number of aliphatic hydroxyl groups is 1. The minimum absolute atomic E-state index is 0.00418. The third-order valence-electron chi connectivity index (χ3n) is 6.97. The first-order valence-corrected chi connectivity index (χ1v) is 16.8. The number of ether oxygens (including phenoxy) is 2. The maximum atomic E-state index is 14.4. The first-order valence-electron chi connectivity index (χ1n) is 13.9. The van der Waals surface area contributed by atoms with Crippen LogP contribution in [0.3, 0.4) is 0 Å². The highest BCUT2D eigenvalue weighted by Gasteiger charge is 2.40. The largest absolute Gasteiger partial charge is 0.460 e. The Morgan fingerprint density at radius 1 is 1.16 bits per heavy atom. The lowest BCUT2D eigenvalue weighted by molar-refractivity contribution is -0.146. The van der Waals surface area contributed by atoms with Gasteiger partial charge in [0.1, 0.15) is 30.7 Å². The number of rotatable bonds is 13. The van der Waals surface area contributed by atoms with Crippen molar-refractivity contribution in [2.75, 3.05) is 18.6 Å². The van der Waals surface area contributed by atoms with Gasteiger partial charge in [0.05, 0.1) is 18.9 Å². The summed E-state index contributed by atoms with van der Waals surface area (Å²) in [4.78, 5) is 38.7. The van der Waals surface area contributed by atoms with Crippen LogP contribution in [-0.4, -0.2) is 57.5 Å². The summed E-state index contributed by atoms with van der Waals surface area (Å²) in [6.07, 6.45) is -1.20. The molecule has 5 rings (SSSR count). The molecule has 0 bridgehead atoms. The number of aromatic nitrogens is 2. The zero-order valence-electron chi connectivity index (χ0n) is 24.0. The Bertz CT molecular complexity index is 1800. The van der Waals surface area contributed by atoms with Crippen LogP contribution in [0.25, 0.3) is 10.8 Å². The lowest BCUT2D eigenvalue weighted by Gasteiger charge is -2.26. The van der Waals surface area contributed by atoms with Gasteiger partial charge in [-0.15, -0.1) is 0 Å². The van der Waals surface area contributed by atoms with Crippen molar-refractivity contribution in [1.29, 1.82) is 0 Å². The molecule has 2 heterocycles. The van der Waals surface area contributed by atoms with E-state index in [0.29, 0.717) is 11.6 Å². The topological polar surface area (TPSA) is 158 Å². The standard InChI is InChI=1S/C30H31FN3O9PS/c1-45-18-23(29(37)40-16-19-8-3-2-4-9-19)33-44(39,43-25-13-7-11-20-10-5-6-12-21(20)25)41-17-26-24(35)14-27(42-26)34-15-22(31)28(36)32-30(34)38/h2-13,15,23-24,26-27,35H,14,16-18H2,1H3,(H,33,39)(H,32,36,38)/t23-,24+,26+,27+,44?/m0/s1. The summed E-state index contributed by atoms with van der Waals surface area (Å²) in [5.41, 5.74) is -1.35. The molecule has 3 N–H and O–H groups in total. The van der Waals surface area contributed by atoms with Crippen LogP contribution in [-0.2, 0) is 30.0 Å². The molecule has 0 saturated carbocycles. The summed E-state index contributed by atoms with van der Waals surface area (Å²) < 4.78 is 52.1. The molecule has 0 radical (unpaired) electrons. The molecule has 4 aromatic rings. The third-order valence-corrected chi connectivity index (χ3v) is 9.19. The zero-order chi connectivity index (χ0) is 32.0. The summed E-state index contributed by atoms with van der Waals surface area (Å²) in [6.45, 7) is -0.506. The molecule has 12 nitrogen and oxygen atoms in total. The minimum atomic E-state index is -4.41. The molecule has 1 saturated heterocycles. The second-order valence-corrected chi connectivity index (χ2v) is 12.8. The summed E-state index contributed by atoms with van der Waals surface area (Å²) >= 11 is 1.31. The number of aromatic amines is 1. The van der Waals surface area contributed by atoms with Crippen molar-refractivity contribution < 1.29 is 37.4 Å². The van der Waals surface area contributed by atoms with Crippen LogP contribution in [0.5, 0.6) is 5.75 Å². The smallest absolute Gasteiger partial charge is 0.459 e. The minimum Gasteiger partial charge on any atom is -0.460 e. The maximum Gasteiger partial charge on any atom is 0.459 e. The molecule has 1 aliphatic heterocycles. The second-order valence-electron chi connectivity index (χ2n) is 10.2. The van der Waals surface area contributed by atoms with Crippen LogP contribution in [0.2, 0.25) is 0 Å². The van der Waals surface area contributed by atoms with Gasteiger partial charge in [0.15, 0.2) is 0 Å². The van der Waals surface area contributed by atoms with Crippen LogP contribution in [0.4, 0.5) is 4.39 Å². The number of thioether (sulfide) groups is 1. The molecule has 45 heavy (non-hydrogen) atoms. The van der Waals surface area contributed by atoms with Gasteiger partial charge in [-0.25, -0.2) is 9.36 Å². The Morgan fingerprint density at radius 2 is 1.89 bits per heavy atom. The van der Waals surface area contributed by atoms with Crippen LogP contribution in [0.1, 0.15) is 18.2 Å². The maximum absolute atomic E-state index is 14.4. The van der Waals surface area contributed by atoms with E-state index in [-0.39, 0.29) is 24.5 Å². The number of carbonyl (C=O) groups is 1. The normalized spacial score (nSPS) is 20.0. The average Bonchev–Trinajstić information content (AvgIpc) is 3.41. The number of aliphatic hydroxyl groups excluding tert-OH is 1. The number of H-pyrrole nitrogens is 1. The fourth-order valence-corrected chi connectivity index (χ4v) is 6.92. The van der Waals surface area contributed by atoms with E-state index in [1.807, 2.05) is 41.4 Å². The molecule has 5 atom stereocenters. The molecule has 1 aliphatic rings. The van der Waals surface area contributed by atoms with Crippen LogP contribution >= 0.6 is 19.5 Å². The van der Waals surface area contributed by atoms with E-state index in [9.17, 15) is 28.4 Å². The second kappa shape index (κ2) is 14.5. The van der Waals surface area contributed by atoms with Crippen molar-refractivity contribution in [2.24, 2.45) is 0 Å².